The molecule has 0 bridgehead atoms. The highest BCUT2D eigenvalue weighted by atomic mass is 35.5. The average molecular weight is 313 g/mol. The minimum atomic E-state index is -0.467. The zero-order valence-electron chi connectivity index (χ0n) is 11.9. The molecule has 3 N–H and O–H groups in total. The van der Waals surface area contributed by atoms with Crippen LogP contribution >= 0.6 is 11.6 Å². The summed E-state index contributed by atoms with van der Waals surface area (Å²) in [5.74, 6) is 5.84. The second-order valence-electron chi connectivity index (χ2n) is 4.59. The Hall–Kier alpha value is -1.63. The van der Waals surface area contributed by atoms with E-state index in [0.29, 0.717) is 5.75 Å². The lowest BCUT2D eigenvalue weighted by Gasteiger charge is -2.19. The first-order valence-corrected chi connectivity index (χ1v) is 7.00. The summed E-state index contributed by atoms with van der Waals surface area (Å²) in [6.45, 7) is 2.78. The van der Waals surface area contributed by atoms with Gasteiger partial charge in [0.1, 0.15) is 11.5 Å². The first-order valence-electron chi connectivity index (χ1n) is 6.63. The number of hydrazine groups is 1. The molecule has 1 unspecified atom stereocenters. The third-order valence-corrected chi connectivity index (χ3v) is 3.51. The molecule has 1 aromatic carbocycles. The number of hydrogen-bond acceptors (Lipinski definition) is 4. The van der Waals surface area contributed by atoms with E-state index in [1.807, 2.05) is 4.68 Å². The molecule has 114 valence electrons. The second-order valence-corrected chi connectivity index (χ2v) is 5.00. The minimum Gasteiger partial charge on any atom is -0.493 e. The highest BCUT2D eigenvalue weighted by Crippen LogP contribution is 2.31. The number of benzene rings is 1. The zero-order chi connectivity index (χ0) is 15.4. The maximum Gasteiger partial charge on any atom is 0.161 e. The van der Waals surface area contributed by atoms with Crippen molar-refractivity contribution in [3.05, 3.63) is 46.5 Å². The van der Waals surface area contributed by atoms with Crippen LogP contribution in [0.1, 0.15) is 30.6 Å². The highest BCUT2D eigenvalue weighted by Gasteiger charge is 2.23. The van der Waals surface area contributed by atoms with Crippen LogP contribution in [-0.2, 0) is 6.54 Å². The Kier molecular flexibility index (Phi) is 5.17. The van der Waals surface area contributed by atoms with Gasteiger partial charge in [-0.3, -0.25) is 10.5 Å². The van der Waals surface area contributed by atoms with Crippen molar-refractivity contribution in [2.45, 2.75) is 25.9 Å². The van der Waals surface area contributed by atoms with E-state index in [1.165, 1.54) is 6.07 Å². The van der Waals surface area contributed by atoms with Crippen LogP contribution in [0.3, 0.4) is 0 Å². The summed E-state index contributed by atoms with van der Waals surface area (Å²) in [5.41, 5.74) is 4.24. The maximum absolute atomic E-state index is 13.3. The van der Waals surface area contributed by atoms with Crippen LogP contribution in [0.2, 0.25) is 5.02 Å². The molecule has 2 rings (SSSR count). The smallest absolute Gasteiger partial charge is 0.161 e. The van der Waals surface area contributed by atoms with E-state index in [1.54, 1.807) is 25.4 Å². The summed E-state index contributed by atoms with van der Waals surface area (Å²) in [4.78, 5) is 0. The van der Waals surface area contributed by atoms with Gasteiger partial charge in [-0.1, -0.05) is 24.6 Å². The number of hydrogen-bond donors (Lipinski definition) is 2. The SMILES string of the molecule is CCCn1ncc(OC)c1C(NN)c1ccc(F)c(Cl)c1. The molecular formula is C14H18ClFN4O. The first kappa shape index (κ1) is 15.8. The molecule has 0 saturated heterocycles. The van der Waals surface area contributed by atoms with E-state index in [-0.39, 0.29) is 5.02 Å². The van der Waals surface area contributed by atoms with Gasteiger partial charge in [-0.2, -0.15) is 5.10 Å². The predicted molar refractivity (Wildman–Crippen MR) is 79.6 cm³/mol. The standard InChI is InChI=1S/C14H18ClFN4O/c1-3-6-20-14(12(21-2)8-18-20)13(19-17)9-4-5-11(16)10(15)7-9/h4-5,7-8,13,19H,3,6,17H2,1-2H3. The monoisotopic (exact) mass is 312 g/mol. The van der Waals surface area contributed by atoms with Crippen LogP contribution in [0.4, 0.5) is 4.39 Å². The predicted octanol–water partition coefficient (Wildman–Crippen LogP) is 2.65. The van der Waals surface area contributed by atoms with Gasteiger partial charge in [-0.15, -0.1) is 0 Å². The van der Waals surface area contributed by atoms with E-state index in [4.69, 9.17) is 22.2 Å². The summed E-state index contributed by atoms with van der Waals surface area (Å²) < 4.78 is 20.5. The molecule has 0 saturated carbocycles. The van der Waals surface area contributed by atoms with Crippen LogP contribution in [0.5, 0.6) is 5.75 Å². The lowest BCUT2D eigenvalue weighted by Crippen LogP contribution is -2.31. The number of nitrogens with zero attached hydrogens (tertiary/aromatic N) is 2. The Balaban J connectivity index is 2.49. The van der Waals surface area contributed by atoms with Gasteiger partial charge in [0.15, 0.2) is 5.75 Å². The zero-order valence-corrected chi connectivity index (χ0v) is 12.7. The molecule has 0 aliphatic carbocycles. The van der Waals surface area contributed by atoms with E-state index in [9.17, 15) is 4.39 Å². The Bertz CT molecular complexity index is 617. The summed E-state index contributed by atoms with van der Waals surface area (Å²) >= 11 is 5.85. The maximum atomic E-state index is 13.3. The van der Waals surface area contributed by atoms with Crippen molar-refractivity contribution in [2.75, 3.05) is 7.11 Å². The van der Waals surface area contributed by atoms with Gasteiger partial charge in [0.25, 0.3) is 0 Å². The molecule has 7 heteroatoms. The molecule has 0 amide bonds. The Morgan fingerprint density at radius 1 is 1.52 bits per heavy atom. The fourth-order valence-electron chi connectivity index (χ4n) is 2.24. The molecule has 1 heterocycles. The van der Waals surface area contributed by atoms with Gasteiger partial charge in [-0.25, -0.2) is 9.82 Å². The summed E-state index contributed by atoms with van der Waals surface area (Å²) in [6, 6.07) is 4.10. The average Bonchev–Trinajstić information content (AvgIpc) is 2.87. The number of aryl methyl sites for hydroxylation is 1. The van der Waals surface area contributed by atoms with Crippen molar-refractivity contribution in [3.8, 4) is 5.75 Å². The van der Waals surface area contributed by atoms with Crippen molar-refractivity contribution < 1.29 is 9.13 Å². The fourth-order valence-corrected chi connectivity index (χ4v) is 2.43. The number of aromatic nitrogens is 2. The topological polar surface area (TPSA) is 65.1 Å². The van der Waals surface area contributed by atoms with Gasteiger partial charge in [0.2, 0.25) is 0 Å². The number of methoxy groups -OCH3 is 1. The Labute approximate surface area is 127 Å². The summed E-state index contributed by atoms with van der Waals surface area (Å²) in [5, 5.41) is 4.35. The molecule has 0 aliphatic rings. The number of halogens is 2. The van der Waals surface area contributed by atoms with Gasteiger partial charge >= 0.3 is 0 Å². The molecule has 21 heavy (non-hydrogen) atoms. The molecule has 0 spiro atoms. The third kappa shape index (κ3) is 3.18. The molecular weight excluding hydrogens is 295 g/mol. The molecule has 0 fully saturated rings. The first-order chi connectivity index (χ1) is 10.1. The fraction of sp³-hybridized carbons (Fsp3) is 0.357. The van der Waals surface area contributed by atoms with Gasteiger partial charge < -0.3 is 4.74 Å². The van der Waals surface area contributed by atoms with Crippen molar-refractivity contribution in [3.63, 3.8) is 0 Å². The van der Waals surface area contributed by atoms with Gasteiger partial charge in [-0.05, 0) is 24.1 Å². The minimum absolute atomic E-state index is 0.0493. The van der Waals surface area contributed by atoms with Crippen LogP contribution in [0, 0.1) is 5.82 Å². The number of nitrogens with one attached hydrogen (secondary N) is 1. The van der Waals surface area contributed by atoms with Crippen LogP contribution in [0.15, 0.2) is 24.4 Å². The van der Waals surface area contributed by atoms with Gasteiger partial charge in [0.05, 0.1) is 24.4 Å². The number of nitrogens with two attached hydrogens (primary N) is 1. The van der Waals surface area contributed by atoms with Crippen LogP contribution < -0.4 is 16.0 Å². The number of rotatable bonds is 6. The van der Waals surface area contributed by atoms with E-state index in [0.717, 1.165) is 24.2 Å². The highest BCUT2D eigenvalue weighted by molar-refractivity contribution is 6.30. The Morgan fingerprint density at radius 2 is 2.29 bits per heavy atom. The molecule has 2 aromatic rings. The van der Waals surface area contributed by atoms with Crippen LogP contribution in [0.25, 0.3) is 0 Å². The molecule has 1 aromatic heterocycles. The molecule has 0 aliphatic heterocycles. The lowest BCUT2D eigenvalue weighted by atomic mass is 10.0. The quantitative estimate of drug-likeness (QED) is 0.636. The van der Waals surface area contributed by atoms with Crippen molar-refractivity contribution in [1.29, 1.82) is 0 Å². The normalized spacial score (nSPS) is 12.4. The Morgan fingerprint density at radius 3 is 2.86 bits per heavy atom. The molecule has 5 nitrogen and oxygen atoms in total. The second kappa shape index (κ2) is 6.89. The number of ether oxygens (including phenoxy) is 1. The van der Waals surface area contributed by atoms with E-state index in [2.05, 4.69) is 17.4 Å². The van der Waals surface area contributed by atoms with Gasteiger partial charge in [0, 0.05) is 6.54 Å². The third-order valence-electron chi connectivity index (χ3n) is 3.22. The largest absolute Gasteiger partial charge is 0.493 e. The van der Waals surface area contributed by atoms with Crippen molar-refractivity contribution in [2.24, 2.45) is 5.84 Å². The van der Waals surface area contributed by atoms with E-state index < -0.39 is 11.9 Å². The van der Waals surface area contributed by atoms with Crippen molar-refractivity contribution >= 4 is 11.6 Å². The lowest BCUT2D eigenvalue weighted by molar-refractivity contribution is 0.398. The summed E-state index contributed by atoms with van der Waals surface area (Å²) in [6.07, 6.45) is 2.56. The van der Waals surface area contributed by atoms with Crippen molar-refractivity contribution in [1.82, 2.24) is 15.2 Å². The molecule has 1 atom stereocenters. The summed E-state index contributed by atoms with van der Waals surface area (Å²) in [7, 11) is 1.57. The molecule has 0 radical (unpaired) electrons. The van der Waals surface area contributed by atoms with Crippen LogP contribution in [-0.4, -0.2) is 16.9 Å². The van der Waals surface area contributed by atoms with E-state index >= 15 is 0 Å².